The van der Waals surface area contributed by atoms with Crippen LogP contribution < -0.4 is 5.73 Å². The molecule has 0 aromatic carbocycles. The Bertz CT molecular complexity index is 242. The van der Waals surface area contributed by atoms with Crippen LogP contribution >= 0.6 is 11.6 Å². The highest BCUT2D eigenvalue weighted by Gasteiger charge is 2.74. The predicted octanol–water partition coefficient (Wildman–Crippen LogP) is 0.591. The van der Waals surface area contributed by atoms with Crippen molar-refractivity contribution in [1.82, 2.24) is 0 Å². The van der Waals surface area contributed by atoms with Crippen molar-refractivity contribution in [3.8, 4) is 0 Å². The molecule has 0 aromatic rings. The maximum Gasteiger partial charge on any atom is 0.221 e. The molecule has 4 rings (SSSR count). The molecule has 1 amide bonds. The summed E-state index contributed by atoms with van der Waals surface area (Å²) >= 11 is 6.13. The zero-order chi connectivity index (χ0) is 7.75. The second-order valence-electron chi connectivity index (χ2n) is 4.09. The fourth-order valence-corrected chi connectivity index (χ4v) is 4.07. The summed E-state index contributed by atoms with van der Waals surface area (Å²) in [5.74, 6) is 2.44. The fraction of sp³-hybridized carbons (Fsp3) is 0.875. The topological polar surface area (TPSA) is 43.1 Å². The zero-order valence-corrected chi connectivity index (χ0v) is 6.79. The highest BCUT2D eigenvalue weighted by Crippen LogP contribution is 2.74. The van der Waals surface area contributed by atoms with Gasteiger partial charge in [-0.2, -0.15) is 0 Å². The second-order valence-corrected chi connectivity index (χ2v) is 4.59. The molecular formula is C8H10ClNO. The summed E-state index contributed by atoms with van der Waals surface area (Å²) in [6, 6.07) is 0. The van der Waals surface area contributed by atoms with Crippen LogP contribution in [0.5, 0.6) is 0 Å². The van der Waals surface area contributed by atoms with Crippen molar-refractivity contribution in [3.63, 3.8) is 0 Å². The number of nitrogens with two attached hydrogens (primary N) is 1. The van der Waals surface area contributed by atoms with E-state index in [-0.39, 0.29) is 17.2 Å². The predicted molar refractivity (Wildman–Crippen MR) is 40.9 cm³/mol. The molecule has 0 spiro atoms. The molecule has 60 valence electrons. The lowest BCUT2D eigenvalue weighted by atomic mass is 9.98. The van der Waals surface area contributed by atoms with E-state index < -0.39 is 0 Å². The lowest BCUT2D eigenvalue weighted by Crippen LogP contribution is -2.27. The van der Waals surface area contributed by atoms with Gasteiger partial charge in [0.25, 0.3) is 0 Å². The van der Waals surface area contributed by atoms with Crippen molar-refractivity contribution >= 4 is 17.5 Å². The Labute approximate surface area is 70.1 Å². The molecule has 2 N–H and O–H groups in total. The largest absolute Gasteiger partial charge is 0.369 e. The highest BCUT2D eigenvalue weighted by molar-refractivity contribution is 6.22. The normalized spacial score (nSPS) is 63.4. The van der Waals surface area contributed by atoms with E-state index in [1.807, 2.05) is 0 Å². The summed E-state index contributed by atoms with van der Waals surface area (Å²) in [7, 11) is 0. The van der Waals surface area contributed by atoms with E-state index in [1.54, 1.807) is 0 Å². The third-order valence-electron chi connectivity index (χ3n) is 3.82. The standard InChI is InChI=1S/C8H10ClNO/c9-7-3-1-2-4(5(2)7)6(3)8(10)11/h2-7H,1H2,(H2,10,11)/t2-,3-,4+,5-,6-,7+/m1/s1. The molecule has 0 radical (unpaired) electrons. The minimum absolute atomic E-state index is 0.117. The van der Waals surface area contributed by atoms with Gasteiger partial charge in [0.15, 0.2) is 0 Å². The van der Waals surface area contributed by atoms with Gasteiger partial charge in [-0.25, -0.2) is 0 Å². The molecular weight excluding hydrogens is 162 g/mol. The molecule has 0 saturated heterocycles. The summed E-state index contributed by atoms with van der Waals surface area (Å²) in [5, 5.41) is 0.266. The van der Waals surface area contributed by atoms with Gasteiger partial charge >= 0.3 is 0 Å². The Balaban J connectivity index is 1.97. The molecule has 4 saturated carbocycles. The number of primary amides is 1. The number of rotatable bonds is 1. The Morgan fingerprint density at radius 2 is 2.09 bits per heavy atom. The van der Waals surface area contributed by atoms with Gasteiger partial charge in [-0.3, -0.25) is 4.79 Å². The molecule has 0 unspecified atom stereocenters. The van der Waals surface area contributed by atoms with Crippen LogP contribution in [0.3, 0.4) is 0 Å². The number of carbonyl (C=O) groups is 1. The fourth-order valence-electron chi connectivity index (χ4n) is 3.46. The molecule has 0 aromatic heterocycles. The second kappa shape index (κ2) is 1.58. The van der Waals surface area contributed by atoms with Gasteiger partial charge in [-0.1, -0.05) is 0 Å². The van der Waals surface area contributed by atoms with Crippen LogP contribution in [-0.2, 0) is 4.79 Å². The first-order valence-electron chi connectivity index (χ1n) is 4.15. The Morgan fingerprint density at radius 1 is 1.36 bits per heavy atom. The van der Waals surface area contributed by atoms with E-state index in [2.05, 4.69) is 0 Å². The number of amides is 1. The average molecular weight is 172 g/mol. The molecule has 6 atom stereocenters. The molecule has 4 aliphatic rings. The van der Waals surface area contributed by atoms with Gasteiger partial charge in [0, 0.05) is 11.3 Å². The van der Waals surface area contributed by atoms with E-state index >= 15 is 0 Å². The van der Waals surface area contributed by atoms with Crippen LogP contribution in [0, 0.1) is 29.6 Å². The molecule has 4 aliphatic carbocycles. The van der Waals surface area contributed by atoms with Gasteiger partial charge < -0.3 is 5.73 Å². The van der Waals surface area contributed by atoms with Gasteiger partial charge in [-0.15, -0.1) is 11.6 Å². The third kappa shape index (κ3) is 0.516. The van der Waals surface area contributed by atoms with Crippen molar-refractivity contribution in [2.45, 2.75) is 11.8 Å². The number of carbonyl (C=O) groups excluding carboxylic acids is 1. The maximum absolute atomic E-state index is 11.0. The SMILES string of the molecule is NC(=O)[C@@H]1[C@H]2C[C@H]3[C@@H]([C@H]2Cl)[C@H]31. The van der Waals surface area contributed by atoms with Gasteiger partial charge in [0.2, 0.25) is 5.91 Å². The number of hydrogen-bond acceptors (Lipinski definition) is 1. The average Bonchev–Trinajstić information content (AvgIpc) is 2.33. The van der Waals surface area contributed by atoms with Gasteiger partial charge in [0.1, 0.15) is 0 Å². The van der Waals surface area contributed by atoms with Crippen molar-refractivity contribution in [1.29, 1.82) is 0 Å². The first kappa shape index (κ1) is 6.30. The van der Waals surface area contributed by atoms with E-state index in [4.69, 9.17) is 17.3 Å². The van der Waals surface area contributed by atoms with Crippen molar-refractivity contribution in [2.24, 2.45) is 35.3 Å². The Hall–Kier alpha value is -0.240. The first-order chi connectivity index (χ1) is 5.22. The molecule has 0 heterocycles. The first-order valence-corrected chi connectivity index (χ1v) is 4.59. The zero-order valence-electron chi connectivity index (χ0n) is 6.03. The van der Waals surface area contributed by atoms with E-state index in [0.717, 1.165) is 12.3 Å². The summed E-state index contributed by atoms with van der Waals surface area (Å²) in [6.07, 6.45) is 1.16. The van der Waals surface area contributed by atoms with E-state index in [1.165, 1.54) is 0 Å². The molecule has 4 fully saturated rings. The Morgan fingerprint density at radius 3 is 2.27 bits per heavy atom. The monoisotopic (exact) mass is 171 g/mol. The molecule has 11 heavy (non-hydrogen) atoms. The minimum atomic E-state index is -0.117. The molecule has 2 nitrogen and oxygen atoms in total. The number of halogens is 1. The van der Waals surface area contributed by atoms with E-state index in [9.17, 15) is 4.79 Å². The van der Waals surface area contributed by atoms with Crippen LogP contribution in [0.2, 0.25) is 0 Å². The summed E-state index contributed by atoms with van der Waals surface area (Å²) in [6.45, 7) is 0. The summed E-state index contributed by atoms with van der Waals surface area (Å²) in [5.41, 5.74) is 5.30. The van der Waals surface area contributed by atoms with Crippen LogP contribution in [0.25, 0.3) is 0 Å². The molecule has 4 bridgehead atoms. The van der Waals surface area contributed by atoms with Crippen molar-refractivity contribution in [2.75, 3.05) is 0 Å². The molecule has 3 heteroatoms. The number of alkyl halides is 1. The summed E-state index contributed by atoms with van der Waals surface area (Å²) < 4.78 is 0. The number of hydrogen-bond donors (Lipinski definition) is 1. The minimum Gasteiger partial charge on any atom is -0.369 e. The third-order valence-corrected chi connectivity index (χ3v) is 4.43. The smallest absolute Gasteiger partial charge is 0.221 e. The van der Waals surface area contributed by atoms with Crippen LogP contribution in [0.1, 0.15) is 6.42 Å². The highest BCUT2D eigenvalue weighted by atomic mass is 35.5. The maximum atomic E-state index is 11.0. The van der Waals surface area contributed by atoms with Crippen LogP contribution in [0.15, 0.2) is 0 Å². The molecule has 0 aliphatic heterocycles. The lowest BCUT2D eigenvalue weighted by molar-refractivity contribution is -0.122. The summed E-state index contributed by atoms with van der Waals surface area (Å²) in [4.78, 5) is 11.0. The Kier molecular flexibility index (Phi) is 0.905. The van der Waals surface area contributed by atoms with Crippen molar-refractivity contribution < 1.29 is 4.79 Å². The lowest BCUT2D eigenvalue weighted by Gasteiger charge is -2.11. The quantitative estimate of drug-likeness (QED) is 0.577. The van der Waals surface area contributed by atoms with Gasteiger partial charge in [-0.05, 0) is 30.1 Å². The van der Waals surface area contributed by atoms with Crippen LogP contribution in [-0.4, -0.2) is 11.3 Å². The van der Waals surface area contributed by atoms with Crippen LogP contribution in [0.4, 0.5) is 0 Å². The van der Waals surface area contributed by atoms with Gasteiger partial charge in [0.05, 0.1) is 0 Å². The van der Waals surface area contributed by atoms with Crippen molar-refractivity contribution in [3.05, 3.63) is 0 Å². The van der Waals surface area contributed by atoms with E-state index in [0.29, 0.717) is 17.8 Å².